The summed E-state index contributed by atoms with van der Waals surface area (Å²) in [6.45, 7) is 2.90. The van der Waals surface area contributed by atoms with Crippen LogP contribution in [0.4, 0.5) is 0 Å². The Balaban J connectivity index is 1.42. The molecule has 2 aromatic carbocycles. The number of benzene rings is 2. The number of methoxy groups -OCH3 is 2. The molecule has 0 atom stereocenters. The first-order chi connectivity index (χ1) is 16.5. The minimum Gasteiger partial charge on any atom is -0.507 e. The second kappa shape index (κ2) is 10.5. The Hall–Kier alpha value is -3.72. The molecule has 1 aliphatic rings. The SMILES string of the molecule is COc1ccc(-c2cn[nH]c2-c2ccc(OCCN3CCC(C(N)=O)CC3)cc2O)cc1OC. The normalized spacial score (nSPS) is 14.6. The van der Waals surface area contributed by atoms with Crippen molar-refractivity contribution in [1.29, 1.82) is 0 Å². The standard InChI is InChI=1S/C25H30N4O5/c1-32-22-6-3-17(13-23(22)33-2)20-15-27-28-24(20)19-5-4-18(14-21(19)30)34-12-11-29-9-7-16(8-10-29)25(26)31/h3-6,13-16,30H,7-12H2,1-2H3,(H2,26,31)(H,27,28). The molecule has 1 fully saturated rings. The average molecular weight is 467 g/mol. The van der Waals surface area contributed by atoms with Gasteiger partial charge in [-0.25, -0.2) is 0 Å². The number of nitrogens with two attached hydrogens (primary N) is 1. The maximum atomic E-state index is 11.3. The van der Waals surface area contributed by atoms with Crippen LogP contribution in [0.5, 0.6) is 23.0 Å². The van der Waals surface area contributed by atoms with Crippen molar-refractivity contribution in [3.8, 4) is 45.4 Å². The van der Waals surface area contributed by atoms with E-state index in [9.17, 15) is 9.90 Å². The van der Waals surface area contributed by atoms with E-state index < -0.39 is 0 Å². The minimum absolute atomic E-state index is 0.0203. The molecule has 3 aromatic rings. The van der Waals surface area contributed by atoms with Crippen molar-refractivity contribution in [3.63, 3.8) is 0 Å². The van der Waals surface area contributed by atoms with Gasteiger partial charge in [0, 0.05) is 29.7 Å². The first kappa shape index (κ1) is 23.4. The van der Waals surface area contributed by atoms with Gasteiger partial charge in [0.25, 0.3) is 0 Å². The molecule has 0 aliphatic carbocycles. The van der Waals surface area contributed by atoms with Crippen LogP contribution < -0.4 is 19.9 Å². The number of likely N-dealkylation sites (tertiary alicyclic amines) is 1. The van der Waals surface area contributed by atoms with Crippen LogP contribution in [0.25, 0.3) is 22.4 Å². The predicted octanol–water partition coefficient (Wildman–Crippen LogP) is 3.04. The molecule has 1 amide bonds. The van der Waals surface area contributed by atoms with E-state index in [-0.39, 0.29) is 17.6 Å². The highest BCUT2D eigenvalue weighted by molar-refractivity contribution is 5.84. The van der Waals surface area contributed by atoms with E-state index in [1.165, 1.54) is 0 Å². The van der Waals surface area contributed by atoms with Crippen molar-refractivity contribution in [3.05, 3.63) is 42.6 Å². The Morgan fingerprint density at radius 3 is 2.56 bits per heavy atom. The van der Waals surface area contributed by atoms with Gasteiger partial charge < -0.3 is 25.1 Å². The fourth-order valence-corrected chi connectivity index (χ4v) is 4.26. The van der Waals surface area contributed by atoms with Crippen molar-refractivity contribution >= 4 is 5.91 Å². The summed E-state index contributed by atoms with van der Waals surface area (Å²) in [7, 11) is 3.18. The van der Waals surface area contributed by atoms with Gasteiger partial charge in [-0.2, -0.15) is 5.10 Å². The average Bonchev–Trinajstić information content (AvgIpc) is 3.33. The number of piperidine rings is 1. The molecule has 0 spiro atoms. The van der Waals surface area contributed by atoms with Gasteiger partial charge in [0.05, 0.1) is 26.1 Å². The van der Waals surface area contributed by atoms with Crippen molar-refractivity contribution < 1.29 is 24.1 Å². The van der Waals surface area contributed by atoms with E-state index in [1.807, 2.05) is 24.3 Å². The highest BCUT2D eigenvalue weighted by atomic mass is 16.5. The Labute approximate surface area is 198 Å². The van der Waals surface area contributed by atoms with E-state index in [4.69, 9.17) is 19.9 Å². The number of primary amides is 1. The molecule has 180 valence electrons. The number of phenolic OH excluding ortho intramolecular Hbond substituents is 1. The summed E-state index contributed by atoms with van der Waals surface area (Å²) >= 11 is 0. The number of hydrogen-bond acceptors (Lipinski definition) is 7. The number of nitrogens with one attached hydrogen (secondary N) is 1. The second-order valence-electron chi connectivity index (χ2n) is 8.27. The molecule has 2 heterocycles. The maximum absolute atomic E-state index is 11.3. The molecule has 1 aliphatic heterocycles. The van der Waals surface area contributed by atoms with Gasteiger partial charge in [0.2, 0.25) is 5.91 Å². The lowest BCUT2D eigenvalue weighted by molar-refractivity contribution is -0.123. The van der Waals surface area contributed by atoms with E-state index in [2.05, 4.69) is 15.1 Å². The molecular weight excluding hydrogens is 436 g/mol. The minimum atomic E-state index is -0.210. The monoisotopic (exact) mass is 466 g/mol. The smallest absolute Gasteiger partial charge is 0.220 e. The number of rotatable bonds is 9. The number of aromatic nitrogens is 2. The summed E-state index contributed by atoms with van der Waals surface area (Å²) in [6.07, 6.45) is 3.29. The quantitative estimate of drug-likeness (QED) is 0.443. The summed E-state index contributed by atoms with van der Waals surface area (Å²) in [5.41, 5.74) is 8.40. The summed E-state index contributed by atoms with van der Waals surface area (Å²) in [6, 6.07) is 10.9. The zero-order valence-corrected chi connectivity index (χ0v) is 19.4. The van der Waals surface area contributed by atoms with Crippen LogP contribution >= 0.6 is 0 Å². The molecule has 9 nitrogen and oxygen atoms in total. The summed E-state index contributed by atoms with van der Waals surface area (Å²) in [4.78, 5) is 13.6. The van der Waals surface area contributed by atoms with Crippen LogP contribution in [0.3, 0.4) is 0 Å². The van der Waals surface area contributed by atoms with Crippen molar-refractivity contribution in [1.82, 2.24) is 15.1 Å². The lowest BCUT2D eigenvalue weighted by Crippen LogP contribution is -2.40. The maximum Gasteiger partial charge on any atom is 0.220 e. The summed E-state index contributed by atoms with van der Waals surface area (Å²) < 4.78 is 16.6. The number of hydrogen-bond donors (Lipinski definition) is 3. The van der Waals surface area contributed by atoms with Gasteiger partial charge in [-0.1, -0.05) is 6.07 Å². The molecule has 0 radical (unpaired) electrons. The van der Waals surface area contributed by atoms with Crippen LogP contribution in [0, 0.1) is 5.92 Å². The van der Waals surface area contributed by atoms with Crippen molar-refractivity contribution in [2.75, 3.05) is 40.5 Å². The lowest BCUT2D eigenvalue weighted by atomic mass is 9.96. The first-order valence-electron chi connectivity index (χ1n) is 11.2. The zero-order chi connectivity index (χ0) is 24.1. The molecule has 4 N–H and O–H groups in total. The number of aromatic amines is 1. The van der Waals surface area contributed by atoms with Gasteiger partial charge in [-0.05, 0) is 55.8 Å². The fourth-order valence-electron chi connectivity index (χ4n) is 4.26. The highest BCUT2D eigenvalue weighted by Gasteiger charge is 2.23. The number of carbonyl (C=O) groups excluding carboxylic acids is 1. The van der Waals surface area contributed by atoms with Gasteiger partial charge in [0.1, 0.15) is 18.1 Å². The number of aromatic hydroxyl groups is 1. The van der Waals surface area contributed by atoms with Crippen LogP contribution in [0.1, 0.15) is 12.8 Å². The van der Waals surface area contributed by atoms with Gasteiger partial charge in [0.15, 0.2) is 11.5 Å². The second-order valence-corrected chi connectivity index (χ2v) is 8.27. The largest absolute Gasteiger partial charge is 0.507 e. The third kappa shape index (κ3) is 5.09. The van der Waals surface area contributed by atoms with E-state index in [0.29, 0.717) is 35.1 Å². The molecule has 1 aromatic heterocycles. The Bertz CT molecular complexity index is 1140. The Morgan fingerprint density at radius 1 is 1.12 bits per heavy atom. The Kier molecular flexibility index (Phi) is 7.22. The molecule has 4 rings (SSSR count). The number of carbonyl (C=O) groups is 1. The van der Waals surface area contributed by atoms with E-state index in [1.54, 1.807) is 32.5 Å². The van der Waals surface area contributed by atoms with Crippen molar-refractivity contribution in [2.45, 2.75) is 12.8 Å². The molecule has 9 heteroatoms. The molecular formula is C25H30N4O5. The number of phenols is 1. The lowest BCUT2D eigenvalue weighted by Gasteiger charge is -2.30. The molecule has 0 unspecified atom stereocenters. The summed E-state index contributed by atoms with van der Waals surface area (Å²) in [5, 5.41) is 17.9. The summed E-state index contributed by atoms with van der Waals surface area (Å²) in [5.74, 6) is 1.69. The zero-order valence-electron chi connectivity index (χ0n) is 19.4. The Morgan fingerprint density at radius 2 is 1.88 bits per heavy atom. The van der Waals surface area contributed by atoms with Gasteiger partial charge >= 0.3 is 0 Å². The number of nitrogens with zero attached hydrogens (tertiary/aromatic N) is 2. The molecule has 34 heavy (non-hydrogen) atoms. The topological polar surface area (TPSA) is 123 Å². The first-order valence-corrected chi connectivity index (χ1v) is 11.2. The van der Waals surface area contributed by atoms with E-state index >= 15 is 0 Å². The predicted molar refractivity (Wildman–Crippen MR) is 128 cm³/mol. The van der Waals surface area contributed by atoms with Crippen molar-refractivity contribution in [2.24, 2.45) is 11.7 Å². The van der Waals surface area contributed by atoms with Gasteiger partial charge in [-0.15, -0.1) is 0 Å². The number of amides is 1. The van der Waals surface area contributed by atoms with Crippen LogP contribution in [0.2, 0.25) is 0 Å². The van der Waals surface area contributed by atoms with Crippen LogP contribution in [-0.2, 0) is 4.79 Å². The molecule has 0 bridgehead atoms. The van der Waals surface area contributed by atoms with Crippen LogP contribution in [0.15, 0.2) is 42.6 Å². The number of ether oxygens (including phenoxy) is 3. The van der Waals surface area contributed by atoms with E-state index in [0.717, 1.165) is 43.6 Å². The number of H-pyrrole nitrogens is 1. The van der Waals surface area contributed by atoms with Gasteiger partial charge in [-0.3, -0.25) is 14.8 Å². The molecule has 1 saturated heterocycles. The third-order valence-corrected chi connectivity index (χ3v) is 6.24. The third-order valence-electron chi connectivity index (χ3n) is 6.24. The van der Waals surface area contributed by atoms with Crippen LogP contribution in [-0.4, -0.2) is 66.6 Å². The fraction of sp³-hybridized carbons (Fsp3) is 0.360. The highest BCUT2D eigenvalue weighted by Crippen LogP contribution is 2.39. The molecule has 0 saturated carbocycles.